The number of carboxylic acid groups (broad SMARTS) is 1. The number of aromatic nitrogens is 1. The maximum atomic E-state index is 11.4. The summed E-state index contributed by atoms with van der Waals surface area (Å²) in [5.41, 5.74) is 1.58. The van der Waals surface area contributed by atoms with Gasteiger partial charge in [-0.05, 0) is 42.7 Å². The molecule has 5 rings (SSSR count). The summed E-state index contributed by atoms with van der Waals surface area (Å²) in [6.45, 7) is 2.27. The molecular weight excluding hydrogens is 388 g/mol. The van der Waals surface area contributed by atoms with Crippen molar-refractivity contribution in [3.05, 3.63) is 51.7 Å². The Balaban J connectivity index is 1.41. The molecule has 3 aromatic rings. The number of carbonyl (C=O) groups is 1. The van der Waals surface area contributed by atoms with Crippen LogP contribution in [0.25, 0.3) is 10.9 Å². The predicted octanol–water partition coefficient (Wildman–Crippen LogP) is 4.07. The van der Waals surface area contributed by atoms with Crippen LogP contribution in [0.15, 0.2) is 36.4 Å². The number of anilines is 1. The fourth-order valence-electron chi connectivity index (χ4n) is 4.48. The molecule has 0 unspecified atom stereocenters. The number of thiophene rings is 1. The number of nitrogens with zero attached hydrogens (tertiary/aromatic N) is 2. The van der Waals surface area contributed by atoms with E-state index in [2.05, 4.69) is 17.0 Å². The maximum absolute atomic E-state index is 11.4. The third kappa shape index (κ3) is 3.05. The number of fused-ring (bicyclic) bond motifs is 3. The van der Waals surface area contributed by atoms with E-state index < -0.39 is 5.97 Å². The number of para-hydroxylation sites is 1. The van der Waals surface area contributed by atoms with Crippen LogP contribution in [-0.4, -0.2) is 42.9 Å². The lowest BCUT2D eigenvalue weighted by Crippen LogP contribution is -2.46. The van der Waals surface area contributed by atoms with Gasteiger partial charge in [-0.2, -0.15) is 0 Å². The Labute approximate surface area is 172 Å². The van der Waals surface area contributed by atoms with E-state index in [1.807, 2.05) is 24.3 Å². The van der Waals surface area contributed by atoms with Crippen LogP contribution in [0.5, 0.6) is 5.75 Å². The summed E-state index contributed by atoms with van der Waals surface area (Å²) in [7, 11) is 1.66. The minimum absolute atomic E-state index is 0.372. The Morgan fingerprint density at radius 1 is 1.28 bits per heavy atom. The Hall–Kier alpha value is -2.64. The first-order chi connectivity index (χ1) is 14.1. The molecule has 1 aromatic carbocycles. The third-order valence-electron chi connectivity index (χ3n) is 6.00. The molecule has 7 heteroatoms. The van der Waals surface area contributed by atoms with Crippen molar-refractivity contribution in [2.75, 3.05) is 31.7 Å². The lowest BCUT2D eigenvalue weighted by molar-refractivity contribution is -0.0757. The van der Waals surface area contributed by atoms with Gasteiger partial charge in [0.15, 0.2) is 0 Å². The largest absolute Gasteiger partial charge is 0.494 e. The van der Waals surface area contributed by atoms with Gasteiger partial charge in [0, 0.05) is 29.8 Å². The zero-order valence-electron chi connectivity index (χ0n) is 16.2. The van der Waals surface area contributed by atoms with Crippen molar-refractivity contribution in [2.45, 2.75) is 24.9 Å². The Morgan fingerprint density at radius 2 is 2.10 bits per heavy atom. The first kappa shape index (κ1) is 18.4. The monoisotopic (exact) mass is 410 g/mol. The first-order valence-electron chi connectivity index (χ1n) is 9.79. The number of hydrogen-bond donors (Lipinski definition) is 1. The van der Waals surface area contributed by atoms with E-state index in [1.165, 1.54) is 11.3 Å². The SMILES string of the molecule is COc1cccc2ccc(N3CCC4(CC3)OCCc3sc(C(=O)O)cc34)nc12. The molecule has 1 N–H and O–H groups in total. The topological polar surface area (TPSA) is 71.9 Å². The molecule has 2 aromatic heterocycles. The van der Waals surface area contributed by atoms with E-state index in [0.717, 1.165) is 65.3 Å². The summed E-state index contributed by atoms with van der Waals surface area (Å²) in [5, 5.41) is 10.4. The van der Waals surface area contributed by atoms with Crippen LogP contribution in [-0.2, 0) is 16.8 Å². The van der Waals surface area contributed by atoms with Gasteiger partial charge in [0.2, 0.25) is 0 Å². The molecule has 0 atom stereocenters. The number of carboxylic acids is 1. The number of hydrogen-bond acceptors (Lipinski definition) is 6. The van der Waals surface area contributed by atoms with Crippen molar-refractivity contribution in [1.29, 1.82) is 0 Å². The van der Waals surface area contributed by atoms with Crippen molar-refractivity contribution in [3.63, 3.8) is 0 Å². The van der Waals surface area contributed by atoms with Gasteiger partial charge in [-0.25, -0.2) is 9.78 Å². The van der Waals surface area contributed by atoms with Gasteiger partial charge in [0.05, 0.1) is 19.3 Å². The summed E-state index contributed by atoms with van der Waals surface area (Å²) in [4.78, 5) is 20.1. The average Bonchev–Trinajstić information content (AvgIpc) is 3.20. The van der Waals surface area contributed by atoms with Gasteiger partial charge in [0.1, 0.15) is 22.0 Å². The van der Waals surface area contributed by atoms with Crippen molar-refractivity contribution in [1.82, 2.24) is 4.98 Å². The zero-order valence-corrected chi connectivity index (χ0v) is 17.0. The van der Waals surface area contributed by atoms with Crippen molar-refractivity contribution >= 4 is 34.0 Å². The van der Waals surface area contributed by atoms with Crippen LogP contribution in [0.1, 0.15) is 33.0 Å². The first-order valence-corrected chi connectivity index (χ1v) is 10.6. The molecule has 0 radical (unpaired) electrons. The van der Waals surface area contributed by atoms with E-state index in [9.17, 15) is 9.90 Å². The van der Waals surface area contributed by atoms with Gasteiger partial charge in [-0.15, -0.1) is 11.3 Å². The number of piperidine rings is 1. The zero-order chi connectivity index (χ0) is 20.0. The summed E-state index contributed by atoms with van der Waals surface area (Å²) in [6.07, 6.45) is 2.44. The van der Waals surface area contributed by atoms with Gasteiger partial charge in [0.25, 0.3) is 0 Å². The highest BCUT2D eigenvalue weighted by atomic mass is 32.1. The standard InChI is InChI=1S/C22H22N2O4S/c1-27-16-4-2-3-14-5-6-19(23-20(14)16)24-10-8-22(9-11-24)15-13-18(21(25)26)29-17(15)7-12-28-22/h2-6,13H,7-12H2,1H3,(H,25,26). The minimum atomic E-state index is -0.855. The minimum Gasteiger partial charge on any atom is -0.494 e. The highest BCUT2D eigenvalue weighted by molar-refractivity contribution is 7.14. The predicted molar refractivity (Wildman–Crippen MR) is 112 cm³/mol. The Kier molecular flexibility index (Phi) is 4.44. The van der Waals surface area contributed by atoms with Crippen molar-refractivity contribution in [2.24, 2.45) is 0 Å². The second-order valence-electron chi connectivity index (χ2n) is 7.53. The summed E-state index contributed by atoms with van der Waals surface area (Å²) < 4.78 is 11.7. The molecule has 0 saturated carbocycles. The number of ether oxygens (including phenoxy) is 2. The molecule has 4 heterocycles. The van der Waals surface area contributed by atoms with Crippen LogP contribution < -0.4 is 9.64 Å². The second-order valence-corrected chi connectivity index (χ2v) is 8.67. The van der Waals surface area contributed by atoms with E-state index in [0.29, 0.717) is 11.5 Å². The molecule has 1 fully saturated rings. The molecule has 1 saturated heterocycles. The summed E-state index contributed by atoms with van der Waals surface area (Å²) in [5.74, 6) is 0.855. The fraction of sp³-hybridized carbons (Fsp3) is 0.364. The smallest absolute Gasteiger partial charge is 0.345 e. The van der Waals surface area contributed by atoms with Gasteiger partial charge >= 0.3 is 5.97 Å². The number of methoxy groups -OCH3 is 1. The second kappa shape index (κ2) is 7.00. The van der Waals surface area contributed by atoms with Crippen LogP contribution in [0.2, 0.25) is 0 Å². The van der Waals surface area contributed by atoms with Gasteiger partial charge < -0.3 is 19.5 Å². The Bertz CT molecular complexity index is 1090. The number of pyridine rings is 1. The highest BCUT2D eigenvalue weighted by Gasteiger charge is 2.42. The van der Waals surface area contributed by atoms with Gasteiger partial charge in [-0.3, -0.25) is 0 Å². The summed E-state index contributed by atoms with van der Waals surface area (Å²) >= 11 is 1.39. The number of aromatic carboxylic acids is 1. The van der Waals surface area contributed by atoms with E-state index >= 15 is 0 Å². The van der Waals surface area contributed by atoms with Gasteiger partial charge in [-0.1, -0.05) is 12.1 Å². The molecule has 0 bridgehead atoms. The molecule has 2 aliphatic rings. The van der Waals surface area contributed by atoms with Crippen molar-refractivity contribution in [3.8, 4) is 5.75 Å². The maximum Gasteiger partial charge on any atom is 0.345 e. The molecule has 0 aliphatic carbocycles. The normalized spacial score (nSPS) is 18.0. The molecule has 150 valence electrons. The fourth-order valence-corrected chi connectivity index (χ4v) is 5.55. The molecular formula is C22H22N2O4S. The lowest BCUT2D eigenvalue weighted by Gasteiger charge is -2.44. The molecule has 29 heavy (non-hydrogen) atoms. The number of benzene rings is 1. The Morgan fingerprint density at radius 3 is 2.86 bits per heavy atom. The van der Waals surface area contributed by atoms with Crippen LogP contribution in [0, 0.1) is 0 Å². The molecule has 2 aliphatic heterocycles. The van der Waals surface area contributed by atoms with Crippen LogP contribution in [0.3, 0.4) is 0 Å². The lowest BCUT2D eigenvalue weighted by atomic mass is 9.82. The third-order valence-corrected chi connectivity index (χ3v) is 7.18. The van der Waals surface area contributed by atoms with E-state index in [4.69, 9.17) is 14.5 Å². The summed E-state index contributed by atoms with van der Waals surface area (Å²) in [6, 6.07) is 11.9. The van der Waals surface area contributed by atoms with Crippen molar-refractivity contribution < 1.29 is 19.4 Å². The van der Waals surface area contributed by atoms with E-state index in [-0.39, 0.29) is 5.60 Å². The molecule has 0 amide bonds. The molecule has 6 nitrogen and oxygen atoms in total. The quantitative estimate of drug-likeness (QED) is 0.702. The van der Waals surface area contributed by atoms with Crippen LogP contribution >= 0.6 is 11.3 Å². The van der Waals surface area contributed by atoms with Crippen LogP contribution in [0.4, 0.5) is 5.82 Å². The molecule has 1 spiro atoms. The number of rotatable bonds is 3. The highest BCUT2D eigenvalue weighted by Crippen LogP contribution is 2.45. The average molecular weight is 410 g/mol. The van der Waals surface area contributed by atoms with E-state index in [1.54, 1.807) is 7.11 Å².